The zero-order chi connectivity index (χ0) is 20.1. The normalized spacial score (nSPS) is 12.8. The second kappa shape index (κ2) is 8.43. The largest absolute Gasteiger partial charge is 0.363 e. The molecule has 3 rings (SSSR count). The molecule has 0 aliphatic carbocycles. The molecule has 1 aromatic heterocycles. The summed E-state index contributed by atoms with van der Waals surface area (Å²) in [4.78, 5) is 6.43. The average Bonchev–Trinajstić information content (AvgIpc) is 2.67. The first-order valence-electron chi connectivity index (χ1n) is 8.97. The van der Waals surface area contributed by atoms with Crippen molar-refractivity contribution in [1.29, 1.82) is 0 Å². The van der Waals surface area contributed by atoms with Crippen LogP contribution in [0, 0.1) is 5.82 Å². The van der Waals surface area contributed by atoms with Crippen molar-refractivity contribution >= 4 is 28.2 Å². The van der Waals surface area contributed by atoms with Crippen molar-refractivity contribution in [1.82, 2.24) is 4.98 Å². The van der Waals surface area contributed by atoms with Crippen molar-refractivity contribution in [2.75, 3.05) is 11.9 Å². The summed E-state index contributed by atoms with van der Waals surface area (Å²) in [6.45, 7) is 7.69. The topological polar surface area (TPSA) is 16.1 Å². The van der Waals surface area contributed by atoms with Gasteiger partial charge in [-0.15, -0.1) is 5.73 Å². The van der Waals surface area contributed by atoms with Crippen LogP contribution in [0.4, 0.5) is 10.1 Å². The Morgan fingerprint density at radius 1 is 1.25 bits per heavy atom. The Morgan fingerprint density at radius 3 is 2.68 bits per heavy atom. The highest BCUT2D eigenvalue weighted by atomic mass is 35.5. The number of rotatable bonds is 7. The third-order valence-corrected chi connectivity index (χ3v) is 5.06. The minimum absolute atomic E-state index is 0.331. The molecular formula is C24H22ClFN2. The molecule has 142 valence electrons. The van der Waals surface area contributed by atoms with Crippen LogP contribution in [0.5, 0.6) is 0 Å². The first-order valence-corrected chi connectivity index (χ1v) is 9.35. The van der Waals surface area contributed by atoms with Crippen LogP contribution in [0.15, 0.2) is 90.8 Å². The zero-order valence-electron chi connectivity index (χ0n) is 15.8. The number of hydrogen-bond donors (Lipinski definition) is 0. The number of aromatic nitrogens is 1. The first-order chi connectivity index (χ1) is 13.4. The van der Waals surface area contributed by atoms with Crippen molar-refractivity contribution < 1.29 is 4.39 Å². The fraction of sp³-hybridized carbons (Fsp3) is 0.167. The predicted octanol–water partition coefficient (Wildman–Crippen LogP) is 6.28. The van der Waals surface area contributed by atoms with Crippen molar-refractivity contribution in [3.8, 4) is 0 Å². The van der Waals surface area contributed by atoms with Gasteiger partial charge in [-0.3, -0.25) is 4.98 Å². The summed E-state index contributed by atoms with van der Waals surface area (Å²) >= 11 is 6.26. The number of benzene rings is 2. The third-order valence-electron chi connectivity index (χ3n) is 4.92. The van der Waals surface area contributed by atoms with Gasteiger partial charge in [0.25, 0.3) is 0 Å². The lowest BCUT2D eigenvalue weighted by Crippen LogP contribution is -2.47. The Hall–Kier alpha value is -2.87. The molecule has 1 heterocycles. The Morgan fingerprint density at radius 2 is 2.00 bits per heavy atom. The van der Waals surface area contributed by atoms with E-state index in [1.165, 1.54) is 6.07 Å². The first kappa shape index (κ1) is 19.9. The molecule has 0 bridgehead atoms. The van der Waals surface area contributed by atoms with E-state index in [1.54, 1.807) is 12.3 Å². The average molecular weight is 393 g/mol. The molecule has 0 fully saturated rings. The second-order valence-electron chi connectivity index (χ2n) is 6.87. The van der Waals surface area contributed by atoms with E-state index in [0.717, 1.165) is 16.6 Å². The Kier molecular flexibility index (Phi) is 5.99. The molecule has 0 aliphatic heterocycles. The fourth-order valence-corrected chi connectivity index (χ4v) is 3.75. The highest BCUT2D eigenvalue weighted by molar-refractivity contribution is 6.29. The van der Waals surface area contributed by atoms with Crippen molar-refractivity contribution in [3.63, 3.8) is 0 Å². The molecule has 0 saturated carbocycles. The molecule has 0 aliphatic rings. The SMILES string of the molecule is C=C=CC(CC(=C)Cl)(Cc1ccccc1)N(C)c1cnc2c(F)cccc2c1. The van der Waals surface area contributed by atoms with E-state index < -0.39 is 5.54 Å². The van der Waals surface area contributed by atoms with Crippen LogP contribution < -0.4 is 4.90 Å². The predicted molar refractivity (Wildman–Crippen MR) is 116 cm³/mol. The molecule has 0 saturated heterocycles. The number of pyridine rings is 1. The molecule has 3 aromatic rings. The molecule has 28 heavy (non-hydrogen) atoms. The van der Waals surface area contributed by atoms with E-state index in [9.17, 15) is 4.39 Å². The van der Waals surface area contributed by atoms with Crippen molar-refractivity contribution in [3.05, 3.63) is 102 Å². The van der Waals surface area contributed by atoms with Gasteiger partial charge < -0.3 is 4.90 Å². The summed E-state index contributed by atoms with van der Waals surface area (Å²) in [5.74, 6) is -0.331. The van der Waals surface area contributed by atoms with E-state index in [-0.39, 0.29) is 5.82 Å². The van der Waals surface area contributed by atoms with Gasteiger partial charge >= 0.3 is 0 Å². The molecule has 4 heteroatoms. The van der Waals surface area contributed by atoms with Gasteiger partial charge in [0.15, 0.2) is 0 Å². The van der Waals surface area contributed by atoms with Gasteiger partial charge in [-0.2, -0.15) is 0 Å². The highest BCUT2D eigenvalue weighted by Gasteiger charge is 2.33. The van der Waals surface area contributed by atoms with Crippen molar-refractivity contribution in [2.45, 2.75) is 18.4 Å². The van der Waals surface area contributed by atoms with E-state index in [1.807, 2.05) is 43.5 Å². The number of para-hydroxylation sites is 1. The number of nitrogens with zero attached hydrogens (tertiary/aromatic N) is 2. The maximum absolute atomic E-state index is 14.0. The fourth-order valence-electron chi connectivity index (χ4n) is 3.52. The number of hydrogen-bond acceptors (Lipinski definition) is 2. The number of halogens is 2. The smallest absolute Gasteiger partial charge is 0.149 e. The maximum atomic E-state index is 14.0. The molecule has 2 nitrogen and oxygen atoms in total. The number of anilines is 1. The molecular weight excluding hydrogens is 371 g/mol. The molecule has 0 spiro atoms. The Labute approximate surface area is 170 Å². The van der Waals surface area contributed by atoms with E-state index in [4.69, 9.17) is 11.6 Å². The minimum atomic E-state index is -0.537. The van der Waals surface area contributed by atoms with Crippen LogP contribution in [0.1, 0.15) is 12.0 Å². The summed E-state index contributed by atoms with van der Waals surface area (Å²) in [7, 11) is 1.97. The van der Waals surface area contributed by atoms with Gasteiger partial charge in [-0.05, 0) is 23.8 Å². The second-order valence-corrected chi connectivity index (χ2v) is 7.41. The molecule has 1 unspecified atom stereocenters. The van der Waals surface area contributed by atoms with Gasteiger partial charge in [-0.25, -0.2) is 4.39 Å². The minimum Gasteiger partial charge on any atom is -0.363 e. The van der Waals surface area contributed by atoms with Gasteiger partial charge in [-0.1, -0.05) is 67.2 Å². The lowest BCUT2D eigenvalue weighted by Gasteiger charge is -2.41. The standard InChI is InChI=1S/C24H22ClFN2/c1-4-13-24(15-18(2)25,16-19-9-6-5-7-10-19)28(3)21-14-20-11-8-12-22(26)23(20)27-17-21/h5-14,17H,1-2,15-16H2,3H3. The van der Waals surface area contributed by atoms with Crippen LogP contribution >= 0.6 is 11.6 Å². The van der Waals surface area contributed by atoms with Crippen LogP contribution in [-0.2, 0) is 6.42 Å². The molecule has 0 radical (unpaired) electrons. The molecule has 0 N–H and O–H groups in total. The zero-order valence-corrected chi connectivity index (χ0v) is 16.6. The van der Waals surface area contributed by atoms with Crippen LogP contribution in [0.3, 0.4) is 0 Å². The summed E-state index contributed by atoms with van der Waals surface area (Å²) in [5, 5.41) is 1.28. The molecule has 0 amide bonds. The summed E-state index contributed by atoms with van der Waals surface area (Å²) < 4.78 is 14.0. The molecule has 2 aromatic carbocycles. The van der Waals surface area contributed by atoms with E-state index >= 15 is 0 Å². The number of fused-ring (bicyclic) bond motifs is 1. The summed E-state index contributed by atoms with van der Waals surface area (Å²) in [6, 6.07) is 17.0. The van der Waals surface area contributed by atoms with Crippen LogP contribution in [0.25, 0.3) is 10.9 Å². The Balaban J connectivity index is 2.10. The van der Waals surface area contributed by atoms with Gasteiger partial charge in [0.2, 0.25) is 0 Å². The quantitative estimate of drug-likeness (QED) is 0.440. The lowest BCUT2D eigenvalue weighted by atomic mass is 9.85. The highest BCUT2D eigenvalue weighted by Crippen LogP contribution is 2.34. The summed E-state index contributed by atoms with van der Waals surface area (Å²) in [5.41, 5.74) is 4.75. The molecule has 1 atom stereocenters. The maximum Gasteiger partial charge on any atom is 0.149 e. The van der Waals surface area contributed by atoms with E-state index in [2.05, 4.69) is 40.9 Å². The monoisotopic (exact) mass is 392 g/mol. The van der Waals surface area contributed by atoms with Crippen LogP contribution in [0.2, 0.25) is 0 Å². The van der Waals surface area contributed by atoms with Gasteiger partial charge in [0, 0.05) is 30.3 Å². The number of likely N-dealkylation sites (N-methyl/N-ethyl adjacent to an activating group) is 1. The van der Waals surface area contributed by atoms with E-state index in [0.29, 0.717) is 23.4 Å². The van der Waals surface area contributed by atoms with Gasteiger partial charge in [0.05, 0.1) is 17.4 Å². The van der Waals surface area contributed by atoms with Crippen LogP contribution in [-0.4, -0.2) is 17.6 Å². The Bertz CT molecular complexity index is 1040. The lowest BCUT2D eigenvalue weighted by molar-refractivity contribution is 0.496. The third kappa shape index (κ3) is 4.17. The van der Waals surface area contributed by atoms with Gasteiger partial charge in [0.1, 0.15) is 11.3 Å². The summed E-state index contributed by atoms with van der Waals surface area (Å²) in [6.07, 6.45) is 4.78. The van der Waals surface area contributed by atoms with Crippen molar-refractivity contribution in [2.24, 2.45) is 0 Å².